The highest BCUT2D eigenvalue weighted by molar-refractivity contribution is 7.80. The first-order valence-electron chi connectivity index (χ1n) is 9.56. The standard InChI is InChI=1S/C25H22N2OS/c1-18(20-12-11-19-7-5-6-8-21(19)17-20)26-25(29)27-22-13-15-24(16-14-22)28-23-9-3-2-4-10-23/h2-18H,1H3,(H2,26,27,29). The zero-order valence-electron chi connectivity index (χ0n) is 16.1. The number of hydrogen-bond donors (Lipinski definition) is 2. The van der Waals surface area contributed by atoms with Gasteiger partial charge >= 0.3 is 0 Å². The number of thiocarbonyl (C=S) groups is 1. The van der Waals surface area contributed by atoms with Gasteiger partial charge in [0, 0.05) is 5.69 Å². The minimum atomic E-state index is 0.0975. The molecule has 0 heterocycles. The quantitative estimate of drug-likeness (QED) is 0.367. The van der Waals surface area contributed by atoms with Crippen LogP contribution in [0.5, 0.6) is 11.5 Å². The number of nitrogens with one attached hydrogen (secondary N) is 2. The summed E-state index contributed by atoms with van der Waals surface area (Å²) in [5.41, 5.74) is 2.10. The minimum absolute atomic E-state index is 0.0975. The van der Waals surface area contributed by atoms with Gasteiger partial charge in [0.05, 0.1) is 6.04 Å². The molecule has 0 radical (unpaired) electrons. The van der Waals surface area contributed by atoms with E-state index in [-0.39, 0.29) is 6.04 Å². The summed E-state index contributed by atoms with van der Waals surface area (Å²) in [5, 5.41) is 9.64. The molecule has 4 aromatic carbocycles. The smallest absolute Gasteiger partial charge is 0.171 e. The molecular formula is C25H22N2OS. The van der Waals surface area contributed by atoms with Crippen LogP contribution in [0.4, 0.5) is 5.69 Å². The van der Waals surface area contributed by atoms with Gasteiger partial charge in [0.2, 0.25) is 0 Å². The largest absolute Gasteiger partial charge is 0.457 e. The molecule has 0 bridgehead atoms. The number of fused-ring (bicyclic) bond motifs is 1. The fourth-order valence-corrected chi connectivity index (χ4v) is 3.45. The van der Waals surface area contributed by atoms with Gasteiger partial charge in [-0.05, 0) is 77.9 Å². The van der Waals surface area contributed by atoms with Crippen molar-refractivity contribution < 1.29 is 4.74 Å². The average molecular weight is 399 g/mol. The van der Waals surface area contributed by atoms with Crippen molar-refractivity contribution in [3.05, 3.63) is 103 Å². The van der Waals surface area contributed by atoms with E-state index >= 15 is 0 Å². The molecule has 4 rings (SSSR count). The van der Waals surface area contributed by atoms with E-state index in [0.717, 1.165) is 17.2 Å². The summed E-state index contributed by atoms with van der Waals surface area (Å²) >= 11 is 5.49. The second kappa shape index (κ2) is 8.76. The van der Waals surface area contributed by atoms with Crippen LogP contribution in [-0.4, -0.2) is 5.11 Å². The monoisotopic (exact) mass is 398 g/mol. The Morgan fingerprint density at radius 2 is 1.41 bits per heavy atom. The third kappa shape index (κ3) is 4.92. The number of ether oxygens (including phenoxy) is 1. The Bertz CT molecular complexity index is 1110. The molecule has 4 heteroatoms. The van der Waals surface area contributed by atoms with Crippen molar-refractivity contribution in [3.63, 3.8) is 0 Å². The number of hydrogen-bond acceptors (Lipinski definition) is 2. The Balaban J connectivity index is 1.36. The highest BCUT2D eigenvalue weighted by Crippen LogP contribution is 2.23. The Kier molecular flexibility index (Phi) is 5.73. The van der Waals surface area contributed by atoms with E-state index in [1.165, 1.54) is 16.3 Å². The summed E-state index contributed by atoms with van der Waals surface area (Å²) in [4.78, 5) is 0. The topological polar surface area (TPSA) is 33.3 Å². The molecule has 0 aliphatic carbocycles. The number of rotatable bonds is 5. The zero-order chi connectivity index (χ0) is 20.1. The van der Waals surface area contributed by atoms with Crippen LogP contribution in [0.15, 0.2) is 97.1 Å². The molecule has 144 valence electrons. The molecule has 0 fully saturated rings. The predicted molar refractivity (Wildman–Crippen MR) is 125 cm³/mol. The molecule has 1 unspecified atom stereocenters. The summed E-state index contributed by atoms with van der Waals surface area (Å²) in [6.45, 7) is 2.11. The first kappa shape index (κ1) is 19.0. The van der Waals surface area contributed by atoms with Crippen LogP contribution in [0.1, 0.15) is 18.5 Å². The Hall–Kier alpha value is -3.37. The van der Waals surface area contributed by atoms with E-state index in [2.05, 4.69) is 60.0 Å². The van der Waals surface area contributed by atoms with E-state index in [0.29, 0.717) is 5.11 Å². The maximum absolute atomic E-state index is 5.82. The predicted octanol–water partition coefficient (Wildman–Crippen LogP) is 6.68. The molecule has 0 aliphatic heterocycles. The van der Waals surface area contributed by atoms with Crippen LogP contribution in [0.2, 0.25) is 0 Å². The SMILES string of the molecule is CC(NC(=S)Nc1ccc(Oc2ccccc2)cc1)c1ccc2ccccc2c1. The summed E-state index contributed by atoms with van der Waals surface area (Å²) in [6, 6.07) is 32.4. The van der Waals surface area contributed by atoms with Gasteiger partial charge in [0.1, 0.15) is 11.5 Å². The highest BCUT2D eigenvalue weighted by Gasteiger charge is 2.08. The van der Waals surface area contributed by atoms with E-state index in [9.17, 15) is 0 Å². The maximum Gasteiger partial charge on any atom is 0.171 e. The molecule has 0 spiro atoms. The zero-order valence-corrected chi connectivity index (χ0v) is 16.9. The minimum Gasteiger partial charge on any atom is -0.457 e. The van der Waals surface area contributed by atoms with Crippen LogP contribution < -0.4 is 15.4 Å². The van der Waals surface area contributed by atoms with E-state index in [1.54, 1.807) is 0 Å². The Morgan fingerprint density at radius 3 is 2.17 bits per heavy atom. The average Bonchev–Trinajstić information content (AvgIpc) is 2.75. The van der Waals surface area contributed by atoms with Gasteiger partial charge < -0.3 is 15.4 Å². The summed E-state index contributed by atoms with van der Waals surface area (Å²) < 4.78 is 5.82. The lowest BCUT2D eigenvalue weighted by Gasteiger charge is -2.18. The lowest BCUT2D eigenvalue weighted by atomic mass is 10.0. The van der Waals surface area contributed by atoms with E-state index < -0.39 is 0 Å². The molecule has 0 aromatic heterocycles. The van der Waals surface area contributed by atoms with Crippen molar-refractivity contribution in [2.24, 2.45) is 0 Å². The lowest BCUT2D eigenvalue weighted by Crippen LogP contribution is -2.30. The van der Waals surface area contributed by atoms with Crippen LogP contribution in [0, 0.1) is 0 Å². The van der Waals surface area contributed by atoms with Crippen molar-refractivity contribution in [2.75, 3.05) is 5.32 Å². The van der Waals surface area contributed by atoms with Crippen molar-refractivity contribution in [3.8, 4) is 11.5 Å². The third-order valence-electron chi connectivity index (χ3n) is 4.71. The highest BCUT2D eigenvalue weighted by atomic mass is 32.1. The third-order valence-corrected chi connectivity index (χ3v) is 4.93. The van der Waals surface area contributed by atoms with Gasteiger partial charge in [-0.15, -0.1) is 0 Å². The van der Waals surface area contributed by atoms with Crippen LogP contribution in [0.25, 0.3) is 10.8 Å². The van der Waals surface area contributed by atoms with E-state index in [1.807, 2.05) is 54.6 Å². The van der Waals surface area contributed by atoms with E-state index in [4.69, 9.17) is 17.0 Å². The molecular weight excluding hydrogens is 376 g/mol. The van der Waals surface area contributed by atoms with Crippen LogP contribution >= 0.6 is 12.2 Å². The second-order valence-corrected chi connectivity index (χ2v) is 7.27. The van der Waals surface area contributed by atoms with Gasteiger partial charge in [-0.2, -0.15) is 0 Å². The summed E-state index contributed by atoms with van der Waals surface area (Å²) in [7, 11) is 0. The van der Waals surface area contributed by atoms with Gasteiger partial charge in [-0.25, -0.2) is 0 Å². The molecule has 2 N–H and O–H groups in total. The maximum atomic E-state index is 5.82. The van der Waals surface area contributed by atoms with Gasteiger partial charge in [-0.1, -0.05) is 54.6 Å². The van der Waals surface area contributed by atoms with Gasteiger partial charge in [0.15, 0.2) is 5.11 Å². The van der Waals surface area contributed by atoms with Crippen molar-refractivity contribution in [1.29, 1.82) is 0 Å². The van der Waals surface area contributed by atoms with Crippen molar-refractivity contribution in [2.45, 2.75) is 13.0 Å². The first-order chi connectivity index (χ1) is 14.2. The molecule has 3 nitrogen and oxygen atoms in total. The van der Waals surface area contributed by atoms with Crippen molar-refractivity contribution in [1.82, 2.24) is 5.32 Å². The molecule has 0 saturated carbocycles. The Labute approximate surface area is 176 Å². The van der Waals surface area contributed by atoms with Crippen LogP contribution in [0.3, 0.4) is 0 Å². The summed E-state index contributed by atoms with van der Waals surface area (Å²) in [5.74, 6) is 1.60. The molecule has 0 amide bonds. The number of benzene rings is 4. The molecule has 4 aromatic rings. The van der Waals surface area contributed by atoms with Gasteiger partial charge in [0.25, 0.3) is 0 Å². The fraction of sp³-hybridized carbons (Fsp3) is 0.0800. The van der Waals surface area contributed by atoms with Crippen molar-refractivity contribution >= 4 is 33.8 Å². The normalized spacial score (nSPS) is 11.6. The molecule has 0 aliphatic rings. The fourth-order valence-electron chi connectivity index (χ4n) is 3.16. The molecule has 0 saturated heterocycles. The van der Waals surface area contributed by atoms with Gasteiger partial charge in [-0.3, -0.25) is 0 Å². The molecule has 29 heavy (non-hydrogen) atoms. The van der Waals surface area contributed by atoms with Crippen LogP contribution in [-0.2, 0) is 0 Å². The Morgan fingerprint density at radius 1 is 0.759 bits per heavy atom. The number of para-hydroxylation sites is 1. The summed E-state index contributed by atoms with van der Waals surface area (Å²) in [6.07, 6.45) is 0. The first-order valence-corrected chi connectivity index (χ1v) is 9.97. The lowest BCUT2D eigenvalue weighted by molar-refractivity contribution is 0.483. The molecule has 1 atom stereocenters. The second-order valence-electron chi connectivity index (χ2n) is 6.87. The number of anilines is 1.